The van der Waals surface area contributed by atoms with Crippen molar-refractivity contribution in [3.05, 3.63) is 82.9 Å². The summed E-state index contributed by atoms with van der Waals surface area (Å²) in [5, 5.41) is 22.6. The van der Waals surface area contributed by atoms with Crippen LogP contribution in [0.5, 0.6) is 0 Å². The van der Waals surface area contributed by atoms with Gasteiger partial charge in [-0.25, -0.2) is 0 Å². The molecular weight excluding hydrogens is 512 g/mol. The van der Waals surface area contributed by atoms with Gasteiger partial charge in [0.2, 0.25) is 0 Å². The van der Waals surface area contributed by atoms with Crippen LogP contribution in [0.25, 0.3) is 22.2 Å². The van der Waals surface area contributed by atoms with Crippen LogP contribution in [0, 0.1) is 5.92 Å². The van der Waals surface area contributed by atoms with Crippen molar-refractivity contribution >= 4 is 34.1 Å². The third-order valence-electron chi connectivity index (χ3n) is 7.95. The number of benzene rings is 3. The van der Waals surface area contributed by atoms with Crippen LogP contribution in [-0.4, -0.2) is 52.6 Å². The molecule has 2 fully saturated rings. The van der Waals surface area contributed by atoms with E-state index in [0.29, 0.717) is 23.8 Å². The average Bonchev–Trinajstić information content (AvgIpc) is 3.35. The summed E-state index contributed by atoms with van der Waals surface area (Å²) in [6, 6.07) is 21.8. The third kappa shape index (κ3) is 5.02. The lowest BCUT2D eigenvalue weighted by molar-refractivity contribution is 0.00124. The van der Waals surface area contributed by atoms with Crippen molar-refractivity contribution in [2.75, 3.05) is 18.1 Å². The molecule has 202 valence electrons. The molecule has 0 aliphatic carbocycles. The number of amides is 1. The summed E-state index contributed by atoms with van der Waals surface area (Å²) in [4.78, 5) is 15.8. The third-order valence-corrected chi connectivity index (χ3v) is 8.30. The van der Waals surface area contributed by atoms with Gasteiger partial charge in [-0.1, -0.05) is 55.8 Å². The van der Waals surface area contributed by atoms with Crippen molar-refractivity contribution in [3.63, 3.8) is 0 Å². The fourth-order valence-corrected chi connectivity index (χ4v) is 6.28. The molecule has 39 heavy (non-hydrogen) atoms. The number of carbonyl (C=O) groups is 1. The first-order chi connectivity index (χ1) is 18.9. The maximum absolute atomic E-state index is 13.4. The van der Waals surface area contributed by atoms with E-state index in [0.717, 1.165) is 46.3 Å². The number of ether oxygens (including phenoxy) is 1. The Morgan fingerprint density at radius 1 is 1.08 bits per heavy atom. The van der Waals surface area contributed by atoms with E-state index in [4.69, 9.17) is 16.3 Å². The largest absolute Gasteiger partial charge is 0.393 e. The molecule has 4 aromatic rings. The minimum absolute atomic E-state index is 0.154. The smallest absolute Gasteiger partial charge is 0.251 e. The van der Waals surface area contributed by atoms with Gasteiger partial charge in [-0.15, -0.1) is 0 Å². The molecule has 3 heterocycles. The van der Waals surface area contributed by atoms with E-state index in [1.54, 1.807) is 0 Å². The van der Waals surface area contributed by atoms with Crippen molar-refractivity contribution in [2.24, 2.45) is 5.92 Å². The highest BCUT2D eigenvalue weighted by molar-refractivity contribution is 6.31. The van der Waals surface area contributed by atoms with Crippen LogP contribution in [-0.2, 0) is 4.74 Å². The SMILES string of the molecule is CC(C)[C@H](NC(=O)c1ccc2[nH]nc(-c3ccc(N4C5COCC4CC(O)C5)cc3)c2c1)c1ccccc1Cl. The van der Waals surface area contributed by atoms with Crippen molar-refractivity contribution < 1.29 is 14.6 Å². The van der Waals surface area contributed by atoms with E-state index in [-0.39, 0.29) is 36.1 Å². The van der Waals surface area contributed by atoms with Crippen LogP contribution in [0.3, 0.4) is 0 Å². The molecule has 8 heteroatoms. The first kappa shape index (κ1) is 25.9. The van der Waals surface area contributed by atoms with Crippen molar-refractivity contribution in [1.82, 2.24) is 15.5 Å². The van der Waals surface area contributed by atoms with Gasteiger partial charge in [0.05, 0.1) is 48.7 Å². The Bertz CT molecular complexity index is 1470. The summed E-state index contributed by atoms with van der Waals surface area (Å²) in [5.41, 5.74) is 5.25. The Morgan fingerprint density at radius 3 is 2.49 bits per heavy atom. The van der Waals surface area contributed by atoms with E-state index in [9.17, 15) is 9.90 Å². The summed E-state index contributed by atoms with van der Waals surface area (Å²) in [7, 11) is 0. The van der Waals surface area contributed by atoms with E-state index in [1.165, 1.54) is 0 Å². The summed E-state index contributed by atoms with van der Waals surface area (Å²) in [5.74, 6) is 0.00825. The van der Waals surface area contributed by atoms with Crippen LogP contribution >= 0.6 is 11.6 Å². The maximum Gasteiger partial charge on any atom is 0.251 e. The molecule has 2 bridgehead atoms. The van der Waals surface area contributed by atoms with Crippen LogP contribution in [0.15, 0.2) is 66.7 Å². The number of aromatic amines is 1. The van der Waals surface area contributed by atoms with Gasteiger partial charge in [0.1, 0.15) is 0 Å². The Labute approximate surface area is 233 Å². The van der Waals surface area contributed by atoms with E-state index >= 15 is 0 Å². The van der Waals surface area contributed by atoms with E-state index < -0.39 is 0 Å². The van der Waals surface area contributed by atoms with Crippen molar-refractivity contribution in [2.45, 2.75) is 50.9 Å². The molecule has 0 radical (unpaired) electrons. The number of fused-ring (bicyclic) bond motifs is 3. The molecule has 3 aromatic carbocycles. The first-order valence-corrected chi connectivity index (χ1v) is 13.9. The number of halogens is 1. The standard InChI is InChI=1S/C31H33ClN4O3/c1-18(2)29(25-5-3-4-6-27(25)32)33-31(38)20-9-12-28-26(13-20)30(35-34-28)19-7-10-21(11-8-19)36-22-14-24(37)15-23(36)17-39-16-22/h3-13,18,22-24,29,37H,14-17H2,1-2H3,(H,33,38)(H,34,35)/t22?,23?,24?,29-/m0/s1. The van der Waals surface area contributed by atoms with Crippen molar-refractivity contribution in [1.29, 1.82) is 0 Å². The number of aromatic nitrogens is 2. The fourth-order valence-electron chi connectivity index (χ4n) is 6.03. The molecule has 1 aromatic heterocycles. The monoisotopic (exact) mass is 544 g/mol. The molecule has 3 N–H and O–H groups in total. The topological polar surface area (TPSA) is 90.5 Å². The van der Waals surface area contributed by atoms with Gasteiger partial charge < -0.3 is 20.1 Å². The highest BCUT2D eigenvalue weighted by Gasteiger charge is 2.38. The van der Waals surface area contributed by atoms with Crippen LogP contribution < -0.4 is 10.2 Å². The molecule has 2 aliphatic rings. The molecule has 2 aliphatic heterocycles. The van der Waals surface area contributed by atoms with Crippen LogP contribution in [0.1, 0.15) is 48.7 Å². The Balaban J connectivity index is 1.26. The molecule has 2 saturated heterocycles. The molecular formula is C31H33ClN4O3. The van der Waals surface area contributed by atoms with E-state index in [1.807, 2.05) is 42.5 Å². The summed E-state index contributed by atoms with van der Waals surface area (Å²) in [6.07, 6.45) is 1.18. The minimum Gasteiger partial charge on any atom is -0.393 e. The second-order valence-corrected chi connectivity index (χ2v) is 11.4. The number of nitrogens with one attached hydrogen (secondary N) is 2. The van der Waals surface area contributed by atoms with E-state index in [2.05, 4.69) is 58.5 Å². The number of morpholine rings is 1. The summed E-state index contributed by atoms with van der Waals surface area (Å²) >= 11 is 6.46. The minimum atomic E-state index is -0.262. The molecule has 1 amide bonds. The number of piperidine rings is 1. The number of hydrogen-bond donors (Lipinski definition) is 3. The molecule has 0 spiro atoms. The van der Waals surface area contributed by atoms with Gasteiger partial charge in [-0.3, -0.25) is 9.89 Å². The lowest BCUT2D eigenvalue weighted by Gasteiger charge is -2.48. The van der Waals surface area contributed by atoms with Gasteiger partial charge in [-0.05, 0) is 60.7 Å². The van der Waals surface area contributed by atoms with Gasteiger partial charge in [0.25, 0.3) is 5.91 Å². The average molecular weight is 545 g/mol. The lowest BCUT2D eigenvalue weighted by atomic mass is 9.91. The zero-order valence-electron chi connectivity index (χ0n) is 22.1. The molecule has 6 rings (SSSR count). The molecule has 0 saturated carbocycles. The van der Waals surface area contributed by atoms with Gasteiger partial charge in [0, 0.05) is 27.2 Å². The predicted molar refractivity (Wildman–Crippen MR) is 154 cm³/mol. The quantitative estimate of drug-likeness (QED) is 0.288. The number of hydrogen-bond acceptors (Lipinski definition) is 5. The number of rotatable bonds is 6. The zero-order chi connectivity index (χ0) is 27.1. The first-order valence-electron chi connectivity index (χ1n) is 13.6. The Kier molecular flexibility index (Phi) is 7.06. The highest BCUT2D eigenvalue weighted by atomic mass is 35.5. The summed E-state index contributed by atoms with van der Waals surface area (Å²) < 4.78 is 5.76. The van der Waals surface area contributed by atoms with Gasteiger partial charge in [-0.2, -0.15) is 5.10 Å². The van der Waals surface area contributed by atoms with Crippen LogP contribution in [0.2, 0.25) is 5.02 Å². The Hall–Kier alpha value is -3.39. The lowest BCUT2D eigenvalue weighted by Crippen LogP contribution is -2.58. The number of nitrogens with zero attached hydrogens (tertiary/aromatic N) is 2. The normalized spacial score (nSPS) is 21.8. The van der Waals surface area contributed by atoms with Crippen molar-refractivity contribution in [3.8, 4) is 11.3 Å². The Morgan fingerprint density at radius 2 is 1.79 bits per heavy atom. The zero-order valence-corrected chi connectivity index (χ0v) is 22.9. The summed E-state index contributed by atoms with van der Waals surface area (Å²) in [6.45, 7) is 5.42. The number of H-pyrrole nitrogens is 1. The number of aliphatic hydroxyl groups excluding tert-OH is 1. The fraction of sp³-hybridized carbons (Fsp3) is 0.355. The number of anilines is 1. The maximum atomic E-state index is 13.4. The molecule has 3 atom stereocenters. The second kappa shape index (κ2) is 10.6. The predicted octanol–water partition coefficient (Wildman–Crippen LogP) is 5.74. The highest BCUT2D eigenvalue weighted by Crippen LogP contribution is 2.35. The van der Waals surface area contributed by atoms with Crippen LogP contribution in [0.4, 0.5) is 5.69 Å². The number of aliphatic hydroxyl groups is 1. The second-order valence-electron chi connectivity index (χ2n) is 11.0. The van der Waals surface area contributed by atoms with Gasteiger partial charge in [0.15, 0.2) is 0 Å². The molecule has 2 unspecified atom stereocenters. The molecule has 7 nitrogen and oxygen atoms in total. The van der Waals surface area contributed by atoms with Gasteiger partial charge >= 0.3 is 0 Å². The number of carbonyl (C=O) groups excluding carboxylic acids is 1.